The summed E-state index contributed by atoms with van der Waals surface area (Å²) in [5, 5.41) is 0.391. The Morgan fingerprint density at radius 3 is 2.70 bits per heavy atom. The van der Waals surface area contributed by atoms with Gasteiger partial charge in [-0.1, -0.05) is 29.8 Å². The minimum Gasteiger partial charge on any atom is -0.408 e. The van der Waals surface area contributed by atoms with E-state index in [0.717, 1.165) is 0 Å². The van der Waals surface area contributed by atoms with Crippen LogP contribution in [-0.4, -0.2) is 13.0 Å². The van der Waals surface area contributed by atoms with E-state index in [1.54, 1.807) is 43.4 Å². The molecule has 0 radical (unpaired) electrons. The maximum Gasteiger partial charge on any atom is 0.419 e. The highest BCUT2D eigenvalue weighted by molar-refractivity contribution is 7.91. The standard InChI is InChI=1S/C15H13ClN2O4S/c1-18-13-7-6-11(8-14(13)22-15(18)19)17-23(20,21)9-10-4-2-3-5-12(10)16/h2-8,17H,9H2,1H3. The summed E-state index contributed by atoms with van der Waals surface area (Å²) in [4.78, 5) is 11.5. The number of anilines is 1. The molecule has 0 saturated carbocycles. The minimum absolute atomic E-state index is 0.247. The predicted molar refractivity (Wildman–Crippen MR) is 89.2 cm³/mol. The third-order valence-corrected chi connectivity index (χ3v) is 4.98. The number of sulfonamides is 1. The fourth-order valence-electron chi connectivity index (χ4n) is 2.23. The van der Waals surface area contributed by atoms with Crippen LogP contribution in [0.5, 0.6) is 0 Å². The number of fused-ring (bicyclic) bond motifs is 1. The van der Waals surface area contributed by atoms with Crippen LogP contribution < -0.4 is 10.5 Å². The van der Waals surface area contributed by atoms with E-state index in [-0.39, 0.29) is 5.75 Å². The van der Waals surface area contributed by atoms with Gasteiger partial charge in [0, 0.05) is 18.1 Å². The summed E-state index contributed by atoms with van der Waals surface area (Å²) in [6.45, 7) is 0. The Kier molecular flexibility index (Phi) is 3.91. The normalized spacial score (nSPS) is 11.7. The summed E-state index contributed by atoms with van der Waals surface area (Å²) in [5.41, 5.74) is 1.73. The lowest BCUT2D eigenvalue weighted by Gasteiger charge is -2.09. The molecule has 1 heterocycles. The molecule has 0 spiro atoms. The van der Waals surface area contributed by atoms with Gasteiger partial charge in [-0.3, -0.25) is 9.29 Å². The second kappa shape index (κ2) is 5.75. The van der Waals surface area contributed by atoms with Crippen molar-refractivity contribution in [2.75, 3.05) is 4.72 Å². The quantitative estimate of drug-likeness (QED) is 0.782. The van der Waals surface area contributed by atoms with Gasteiger partial charge in [-0.15, -0.1) is 0 Å². The molecule has 0 aliphatic heterocycles. The lowest BCUT2D eigenvalue weighted by atomic mass is 10.2. The number of hydrogen-bond donors (Lipinski definition) is 1. The number of oxazole rings is 1. The van der Waals surface area contributed by atoms with Gasteiger partial charge >= 0.3 is 5.76 Å². The molecule has 0 atom stereocenters. The van der Waals surface area contributed by atoms with Crippen LogP contribution in [0.1, 0.15) is 5.56 Å². The fourth-order valence-corrected chi connectivity index (χ4v) is 3.73. The zero-order chi connectivity index (χ0) is 16.6. The molecule has 3 rings (SSSR count). The van der Waals surface area contributed by atoms with Crippen molar-refractivity contribution in [3.63, 3.8) is 0 Å². The number of benzene rings is 2. The summed E-state index contributed by atoms with van der Waals surface area (Å²) in [6.07, 6.45) is 0. The van der Waals surface area contributed by atoms with Crippen molar-refractivity contribution in [2.24, 2.45) is 7.05 Å². The van der Waals surface area contributed by atoms with Crippen molar-refractivity contribution in [1.82, 2.24) is 4.57 Å². The summed E-state index contributed by atoms with van der Waals surface area (Å²) in [7, 11) is -2.06. The minimum atomic E-state index is -3.64. The van der Waals surface area contributed by atoms with Crippen LogP contribution in [0.2, 0.25) is 5.02 Å². The van der Waals surface area contributed by atoms with Crippen LogP contribution in [0.3, 0.4) is 0 Å². The van der Waals surface area contributed by atoms with E-state index in [4.69, 9.17) is 16.0 Å². The molecule has 3 aromatic rings. The Balaban J connectivity index is 1.88. The van der Waals surface area contributed by atoms with Crippen molar-refractivity contribution >= 4 is 38.4 Å². The Morgan fingerprint density at radius 2 is 1.96 bits per heavy atom. The SMILES string of the molecule is Cn1c(=O)oc2cc(NS(=O)(=O)Cc3ccccc3Cl)ccc21. The lowest BCUT2D eigenvalue weighted by Crippen LogP contribution is -2.15. The van der Waals surface area contributed by atoms with Crippen LogP contribution in [0, 0.1) is 0 Å². The molecule has 23 heavy (non-hydrogen) atoms. The highest BCUT2D eigenvalue weighted by Crippen LogP contribution is 2.22. The van der Waals surface area contributed by atoms with Gasteiger partial charge in [0.25, 0.3) is 0 Å². The maximum atomic E-state index is 12.3. The van der Waals surface area contributed by atoms with Crippen LogP contribution in [0.4, 0.5) is 5.69 Å². The number of aromatic nitrogens is 1. The first-order valence-electron chi connectivity index (χ1n) is 6.69. The van der Waals surface area contributed by atoms with E-state index in [9.17, 15) is 13.2 Å². The Hall–Kier alpha value is -2.25. The molecule has 1 N–H and O–H groups in total. The Bertz CT molecular complexity index is 1040. The number of halogens is 1. The van der Waals surface area contributed by atoms with Gasteiger partial charge in [0.2, 0.25) is 10.0 Å². The number of nitrogens with one attached hydrogen (secondary N) is 1. The van der Waals surface area contributed by atoms with E-state index in [0.29, 0.717) is 27.4 Å². The van der Waals surface area contributed by atoms with Crippen molar-refractivity contribution in [3.05, 3.63) is 63.6 Å². The highest BCUT2D eigenvalue weighted by atomic mass is 35.5. The third-order valence-electron chi connectivity index (χ3n) is 3.37. The first-order chi connectivity index (χ1) is 10.9. The van der Waals surface area contributed by atoms with Gasteiger partial charge in [0.15, 0.2) is 5.58 Å². The number of hydrogen-bond acceptors (Lipinski definition) is 4. The monoisotopic (exact) mass is 352 g/mol. The molecule has 120 valence electrons. The van der Waals surface area contributed by atoms with E-state index in [1.165, 1.54) is 10.6 Å². The molecule has 2 aromatic carbocycles. The van der Waals surface area contributed by atoms with E-state index >= 15 is 0 Å². The average Bonchev–Trinajstić information content (AvgIpc) is 2.75. The van der Waals surface area contributed by atoms with Gasteiger partial charge in [-0.25, -0.2) is 13.2 Å². The molecule has 0 fully saturated rings. The van der Waals surface area contributed by atoms with Gasteiger partial charge in [0.1, 0.15) is 0 Å². The maximum absolute atomic E-state index is 12.3. The first-order valence-corrected chi connectivity index (χ1v) is 8.72. The highest BCUT2D eigenvalue weighted by Gasteiger charge is 2.15. The Morgan fingerprint density at radius 1 is 1.22 bits per heavy atom. The summed E-state index contributed by atoms with van der Waals surface area (Å²) < 4.78 is 33.4. The number of rotatable bonds is 4. The summed E-state index contributed by atoms with van der Waals surface area (Å²) >= 11 is 5.99. The van der Waals surface area contributed by atoms with Crippen LogP contribution >= 0.6 is 11.6 Å². The molecule has 6 nitrogen and oxygen atoms in total. The zero-order valence-electron chi connectivity index (χ0n) is 12.1. The molecular formula is C15H13ClN2O4S. The molecule has 0 saturated heterocycles. The van der Waals surface area contributed by atoms with E-state index in [1.807, 2.05) is 0 Å². The second-order valence-corrected chi connectivity index (χ2v) is 7.19. The molecule has 8 heteroatoms. The van der Waals surface area contributed by atoms with Crippen molar-refractivity contribution < 1.29 is 12.8 Å². The molecule has 0 aliphatic rings. The van der Waals surface area contributed by atoms with E-state index in [2.05, 4.69) is 4.72 Å². The smallest absolute Gasteiger partial charge is 0.408 e. The number of nitrogens with zero attached hydrogens (tertiary/aromatic N) is 1. The van der Waals surface area contributed by atoms with E-state index < -0.39 is 15.8 Å². The van der Waals surface area contributed by atoms with Gasteiger partial charge in [-0.05, 0) is 23.8 Å². The Labute approximate surface area is 137 Å². The average molecular weight is 353 g/mol. The van der Waals surface area contributed by atoms with Gasteiger partial charge in [0.05, 0.1) is 17.0 Å². The molecule has 1 aromatic heterocycles. The molecule has 0 unspecified atom stereocenters. The third kappa shape index (κ3) is 3.25. The molecule has 0 aliphatic carbocycles. The first kappa shape index (κ1) is 15.6. The zero-order valence-corrected chi connectivity index (χ0v) is 13.7. The van der Waals surface area contributed by atoms with Crippen LogP contribution in [0.15, 0.2) is 51.7 Å². The molecule has 0 bridgehead atoms. The van der Waals surface area contributed by atoms with Crippen molar-refractivity contribution in [2.45, 2.75) is 5.75 Å². The van der Waals surface area contributed by atoms with Crippen molar-refractivity contribution in [1.29, 1.82) is 0 Å². The van der Waals surface area contributed by atoms with Gasteiger partial charge in [-0.2, -0.15) is 0 Å². The van der Waals surface area contributed by atoms with Crippen molar-refractivity contribution in [3.8, 4) is 0 Å². The van der Waals surface area contributed by atoms with Gasteiger partial charge < -0.3 is 4.42 Å². The summed E-state index contributed by atoms with van der Waals surface area (Å²) in [5.74, 6) is -0.750. The largest absolute Gasteiger partial charge is 0.419 e. The predicted octanol–water partition coefficient (Wildman–Crippen LogP) is 2.73. The lowest BCUT2D eigenvalue weighted by molar-refractivity contribution is 0.528. The van der Waals surface area contributed by atoms with Crippen LogP contribution in [0.25, 0.3) is 11.1 Å². The second-order valence-electron chi connectivity index (χ2n) is 5.06. The topological polar surface area (TPSA) is 81.3 Å². The molecule has 0 amide bonds. The molecular weight excluding hydrogens is 340 g/mol. The van der Waals surface area contributed by atoms with Crippen LogP contribution in [-0.2, 0) is 22.8 Å². The fraction of sp³-hybridized carbons (Fsp3) is 0.133. The number of aryl methyl sites for hydroxylation is 1. The summed E-state index contributed by atoms with van der Waals surface area (Å²) in [6, 6.07) is 11.4.